The summed E-state index contributed by atoms with van der Waals surface area (Å²) in [5.41, 5.74) is 2.18. The molecule has 1 amide bonds. The first-order valence-electron chi connectivity index (χ1n) is 8.20. The fourth-order valence-corrected chi connectivity index (χ4v) is 2.93. The van der Waals surface area contributed by atoms with Crippen LogP contribution < -0.4 is 9.47 Å². The van der Waals surface area contributed by atoms with E-state index in [0.717, 1.165) is 15.8 Å². The minimum Gasteiger partial charge on any atom is -0.496 e. The van der Waals surface area contributed by atoms with Crippen molar-refractivity contribution in [2.75, 3.05) is 20.8 Å². The van der Waals surface area contributed by atoms with Gasteiger partial charge in [0.15, 0.2) is 6.61 Å². The number of halogens is 1. The summed E-state index contributed by atoms with van der Waals surface area (Å²) in [6, 6.07) is 13.6. The molecule has 25 heavy (non-hydrogen) atoms. The molecule has 0 spiro atoms. The van der Waals surface area contributed by atoms with Gasteiger partial charge in [0.05, 0.1) is 11.6 Å². The molecule has 0 radical (unpaired) electrons. The smallest absolute Gasteiger partial charge is 0.260 e. The SMILES string of the molecule is COc1ccccc1CN(C)C(=O)COc1ccc(C(C)C)cc1Br. The Hall–Kier alpha value is -2.01. The van der Waals surface area contributed by atoms with E-state index in [9.17, 15) is 4.79 Å². The summed E-state index contributed by atoms with van der Waals surface area (Å²) in [6.45, 7) is 4.74. The van der Waals surface area contributed by atoms with Gasteiger partial charge in [-0.15, -0.1) is 0 Å². The van der Waals surface area contributed by atoms with E-state index in [1.165, 1.54) is 5.56 Å². The van der Waals surface area contributed by atoms with Gasteiger partial charge >= 0.3 is 0 Å². The maximum atomic E-state index is 12.4. The van der Waals surface area contributed by atoms with Crippen molar-refractivity contribution >= 4 is 21.8 Å². The average Bonchev–Trinajstić information content (AvgIpc) is 2.60. The van der Waals surface area contributed by atoms with Crippen LogP contribution in [0.3, 0.4) is 0 Å². The van der Waals surface area contributed by atoms with E-state index in [-0.39, 0.29) is 12.5 Å². The Labute approximate surface area is 157 Å². The molecular formula is C20H24BrNO3. The Kier molecular flexibility index (Phi) is 6.88. The molecule has 2 aromatic rings. The van der Waals surface area contributed by atoms with Gasteiger partial charge in [-0.25, -0.2) is 0 Å². The van der Waals surface area contributed by atoms with Gasteiger partial charge in [-0.2, -0.15) is 0 Å². The Balaban J connectivity index is 1.95. The number of ether oxygens (including phenoxy) is 2. The van der Waals surface area contributed by atoms with E-state index in [1.54, 1.807) is 19.1 Å². The van der Waals surface area contributed by atoms with Crippen LogP contribution in [0.4, 0.5) is 0 Å². The third kappa shape index (κ3) is 5.23. The van der Waals surface area contributed by atoms with Gasteiger partial charge in [-0.3, -0.25) is 4.79 Å². The molecule has 0 atom stereocenters. The van der Waals surface area contributed by atoms with E-state index < -0.39 is 0 Å². The molecule has 2 rings (SSSR count). The Morgan fingerprint density at radius 1 is 1.16 bits per heavy atom. The lowest BCUT2D eigenvalue weighted by Crippen LogP contribution is -2.31. The molecule has 0 saturated carbocycles. The number of carbonyl (C=O) groups excluding carboxylic acids is 1. The van der Waals surface area contributed by atoms with Gasteiger partial charge < -0.3 is 14.4 Å². The molecule has 0 N–H and O–H groups in total. The molecule has 0 aliphatic heterocycles. The summed E-state index contributed by atoms with van der Waals surface area (Å²) >= 11 is 3.51. The number of carbonyl (C=O) groups is 1. The molecule has 0 aromatic heterocycles. The molecule has 0 unspecified atom stereocenters. The molecule has 0 aliphatic carbocycles. The van der Waals surface area contributed by atoms with Crippen LogP contribution in [0.25, 0.3) is 0 Å². The molecule has 0 bridgehead atoms. The highest BCUT2D eigenvalue weighted by Gasteiger charge is 2.14. The predicted octanol–water partition coefficient (Wildman–Crippen LogP) is 4.62. The molecule has 2 aromatic carbocycles. The number of likely N-dealkylation sites (N-methyl/N-ethyl adjacent to an activating group) is 1. The maximum absolute atomic E-state index is 12.4. The van der Waals surface area contributed by atoms with Crippen molar-refractivity contribution in [2.45, 2.75) is 26.3 Å². The molecule has 0 aliphatic rings. The van der Waals surface area contributed by atoms with E-state index in [1.807, 2.05) is 42.5 Å². The lowest BCUT2D eigenvalue weighted by molar-refractivity contribution is -0.132. The van der Waals surface area contributed by atoms with E-state index >= 15 is 0 Å². The fourth-order valence-electron chi connectivity index (χ4n) is 2.42. The quantitative estimate of drug-likeness (QED) is 0.674. The molecule has 0 saturated heterocycles. The number of methoxy groups -OCH3 is 1. The maximum Gasteiger partial charge on any atom is 0.260 e. The third-order valence-electron chi connectivity index (χ3n) is 4.00. The number of rotatable bonds is 7. The van der Waals surface area contributed by atoms with Crippen LogP contribution in [0, 0.1) is 0 Å². The highest BCUT2D eigenvalue weighted by Crippen LogP contribution is 2.29. The van der Waals surface area contributed by atoms with E-state index in [4.69, 9.17) is 9.47 Å². The zero-order valence-electron chi connectivity index (χ0n) is 15.1. The summed E-state index contributed by atoms with van der Waals surface area (Å²) in [6.07, 6.45) is 0. The largest absolute Gasteiger partial charge is 0.496 e. The van der Waals surface area contributed by atoms with Crippen molar-refractivity contribution < 1.29 is 14.3 Å². The zero-order valence-corrected chi connectivity index (χ0v) is 16.7. The first-order valence-corrected chi connectivity index (χ1v) is 8.99. The number of amides is 1. The Bertz CT molecular complexity index is 731. The Morgan fingerprint density at radius 2 is 1.88 bits per heavy atom. The second-order valence-electron chi connectivity index (χ2n) is 6.19. The molecule has 134 valence electrons. The van der Waals surface area contributed by atoms with Crippen LogP contribution in [-0.4, -0.2) is 31.6 Å². The van der Waals surface area contributed by atoms with Crippen molar-refractivity contribution in [1.82, 2.24) is 4.90 Å². The van der Waals surface area contributed by atoms with Crippen LogP contribution in [0.5, 0.6) is 11.5 Å². The van der Waals surface area contributed by atoms with Gasteiger partial charge in [0.2, 0.25) is 0 Å². The second-order valence-corrected chi connectivity index (χ2v) is 7.05. The molecule has 0 fully saturated rings. The number of nitrogens with zero attached hydrogens (tertiary/aromatic N) is 1. The summed E-state index contributed by atoms with van der Waals surface area (Å²) in [5, 5.41) is 0. The predicted molar refractivity (Wildman–Crippen MR) is 103 cm³/mol. The zero-order chi connectivity index (χ0) is 18.4. The number of benzene rings is 2. The average molecular weight is 406 g/mol. The van der Waals surface area contributed by atoms with Gasteiger partial charge in [0, 0.05) is 19.2 Å². The minimum atomic E-state index is -0.0919. The van der Waals surface area contributed by atoms with Gasteiger partial charge in [-0.1, -0.05) is 38.1 Å². The van der Waals surface area contributed by atoms with Gasteiger partial charge in [0.1, 0.15) is 11.5 Å². The fraction of sp³-hybridized carbons (Fsp3) is 0.350. The summed E-state index contributed by atoms with van der Waals surface area (Å²) in [7, 11) is 3.39. The highest BCUT2D eigenvalue weighted by molar-refractivity contribution is 9.10. The van der Waals surface area contributed by atoms with E-state index in [2.05, 4.69) is 29.8 Å². The van der Waals surface area contributed by atoms with Crippen LogP contribution in [0.2, 0.25) is 0 Å². The van der Waals surface area contributed by atoms with E-state index in [0.29, 0.717) is 18.2 Å². The Morgan fingerprint density at radius 3 is 2.52 bits per heavy atom. The highest BCUT2D eigenvalue weighted by atomic mass is 79.9. The first-order chi connectivity index (χ1) is 11.9. The van der Waals surface area contributed by atoms with Crippen LogP contribution in [-0.2, 0) is 11.3 Å². The number of hydrogen-bond donors (Lipinski definition) is 0. The standard InChI is InChI=1S/C20H24BrNO3/c1-14(2)15-9-10-19(17(21)11-15)25-13-20(23)22(3)12-16-7-5-6-8-18(16)24-4/h5-11,14H,12-13H2,1-4H3. The summed E-state index contributed by atoms with van der Waals surface area (Å²) in [4.78, 5) is 14.0. The molecular weight excluding hydrogens is 382 g/mol. The van der Waals surface area contributed by atoms with Crippen molar-refractivity contribution in [3.05, 3.63) is 58.1 Å². The first kappa shape index (κ1) is 19.3. The lowest BCUT2D eigenvalue weighted by Gasteiger charge is -2.19. The van der Waals surface area contributed by atoms with Crippen molar-refractivity contribution in [3.63, 3.8) is 0 Å². The monoisotopic (exact) mass is 405 g/mol. The van der Waals surface area contributed by atoms with Crippen LogP contribution in [0.1, 0.15) is 30.9 Å². The van der Waals surface area contributed by atoms with Crippen molar-refractivity contribution in [2.24, 2.45) is 0 Å². The molecule has 4 nitrogen and oxygen atoms in total. The summed E-state index contributed by atoms with van der Waals surface area (Å²) in [5.74, 6) is 1.79. The van der Waals surface area contributed by atoms with Crippen LogP contribution >= 0.6 is 15.9 Å². The molecule has 5 heteroatoms. The molecule has 0 heterocycles. The second kappa shape index (κ2) is 8.90. The van der Waals surface area contributed by atoms with Gasteiger partial charge in [0.25, 0.3) is 5.91 Å². The number of hydrogen-bond acceptors (Lipinski definition) is 3. The van der Waals surface area contributed by atoms with Crippen molar-refractivity contribution in [1.29, 1.82) is 0 Å². The van der Waals surface area contributed by atoms with Gasteiger partial charge in [-0.05, 0) is 45.6 Å². The lowest BCUT2D eigenvalue weighted by atomic mass is 10.0. The third-order valence-corrected chi connectivity index (χ3v) is 4.62. The minimum absolute atomic E-state index is 0.00866. The van der Waals surface area contributed by atoms with Crippen molar-refractivity contribution in [3.8, 4) is 11.5 Å². The van der Waals surface area contributed by atoms with Crippen LogP contribution in [0.15, 0.2) is 46.9 Å². The topological polar surface area (TPSA) is 38.8 Å². The number of para-hydroxylation sites is 1. The summed E-state index contributed by atoms with van der Waals surface area (Å²) < 4.78 is 11.9. The normalized spacial score (nSPS) is 10.6.